The lowest BCUT2D eigenvalue weighted by Gasteiger charge is -2.50. The molecule has 0 radical (unpaired) electrons. The monoisotopic (exact) mass is 196 g/mol. The van der Waals surface area contributed by atoms with Crippen molar-refractivity contribution in [2.75, 3.05) is 32.7 Å². The lowest BCUT2D eigenvalue weighted by molar-refractivity contribution is -0.0120. The molecule has 2 fully saturated rings. The van der Waals surface area contributed by atoms with Crippen LogP contribution in [-0.4, -0.2) is 37.6 Å². The van der Waals surface area contributed by atoms with E-state index in [0.29, 0.717) is 10.8 Å². The number of rotatable bonds is 3. The second-order valence-electron chi connectivity index (χ2n) is 6.05. The average Bonchev–Trinajstić information content (AvgIpc) is 2.49. The molecule has 2 rings (SSSR count). The largest absolute Gasteiger partial charge is 0.316 e. The van der Waals surface area contributed by atoms with E-state index in [1.54, 1.807) is 0 Å². The van der Waals surface area contributed by atoms with Crippen molar-refractivity contribution in [3.8, 4) is 0 Å². The second-order valence-corrected chi connectivity index (χ2v) is 6.05. The molecule has 0 amide bonds. The van der Waals surface area contributed by atoms with E-state index in [1.807, 2.05) is 0 Å². The van der Waals surface area contributed by atoms with Gasteiger partial charge in [-0.1, -0.05) is 20.8 Å². The zero-order valence-electron chi connectivity index (χ0n) is 9.90. The van der Waals surface area contributed by atoms with E-state index in [4.69, 9.17) is 0 Å². The van der Waals surface area contributed by atoms with Crippen molar-refractivity contribution in [1.82, 2.24) is 10.2 Å². The first-order valence-electron chi connectivity index (χ1n) is 5.98. The fourth-order valence-electron chi connectivity index (χ4n) is 2.91. The van der Waals surface area contributed by atoms with E-state index in [1.165, 1.54) is 45.6 Å². The molecule has 2 nitrogen and oxygen atoms in total. The van der Waals surface area contributed by atoms with Gasteiger partial charge in [0.2, 0.25) is 0 Å². The molecule has 2 heteroatoms. The molecule has 82 valence electrons. The van der Waals surface area contributed by atoms with Crippen molar-refractivity contribution in [3.63, 3.8) is 0 Å². The summed E-state index contributed by atoms with van der Waals surface area (Å²) in [6.07, 6.45) is 2.69. The Bertz CT molecular complexity index is 200. The Kier molecular flexibility index (Phi) is 2.61. The molecule has 0 aromatic heterocycles. The molecular formula is C12H24N2. The van der Waals surface area contributed by atoms with Gasteiger partial charge in [0.05, 0.1) is 0 Å². The van der Waals surface area contributed by atoms with E-state index in [-0.39, 0.29) is 0 Å². The van der Waals surface area contributed by atoms with Crippen LogP contribution in [0.5, 0.6) is 0 Å². The van der Waals surface area contributed by atoms with Crippen molar-refractivity contribution in [2.24, 2.45) is 10.8 Å². The molecule has 0 aliphatic carbocycles. The van der Waals surface area contributed by atoms with Gasteiger partial charge in [-0.3, -0.25) is 0 Å². The van der Waals surface area contributed by atoms with Gasteiger partial charge in [-0.25, -0.2) is 0 Å². The zero-order chi connectivity index (χ0) is 10.2. The number of likely N-dealkylation sites (tertiary alicyclic amines) is 1. The summed E-state index contributed by atoms with van der Waals surface area (Å²) in [4.78, 5) is 2.64. The van der Waals surface area contributed by atoms with E-state index in [9.17, 15) is 0 Å². The fourth-order valence-corrected chi connectivity index (χ4v) is 2.91. The van der Waals surface area contributed by atoms with Crippen molar-refractivity contribution in [1.29, 1.82) is 0 Å². The molecule has 2 heterocycles. The van der Waals surface area contributed by atoms with Gasteiger partial charge in [-0.15, -0.1) is 0 Å². The van der Waals surface area contributed by atoms with Crippen LogP contribution >= 0.6 is 0 Å². The maximum atomic E-state index is 3.47. The van der Waals surface area contributed by atoms with Gasteiger partial charge in [0.1, 0.15) is 0 Å². The molecule has 0 aromatic carbocycles. The maximum Gasteiger partial charge on any atom is 0.00484 e. The third-order valence-corrected chi connectivity index (χ3v) is 4.13. The van der Waals surface area contributed by atoms with E-state index in [2.05, 4.69) is 31.0 Å². The normalized spacial score (nSPS) is 37.1. The third kappa shape index (κ3) is 1.96. The van der Waals surface area contributed by atoms with Crippen LogP contribution in [0.4, 0.5) is 0 Å². The van der Waals surface area contributed by atoms with Gasteiger partial charge in [0.15, 0.2) is 0 Å². The average molecular weight is 196 g/mol. The fraction of sp³-hybridized carbons (Fsp3) is 1.00. The smallest absolute Gasteiger partial charge is 0.00484 e. The van der Waals surface area contributed by atoms with Gasteiger partial charge < -0.3 is 10.2 Å². The van der Waals surface area contributed by atoms with Crippen LogP contribution in [0.2, 0.25) is 0 Å². The Balaban J connectivity index is 1.78. The Labute approximate surface area is 88.1 Å². The first kappa shape index (κ1) is 10.4. The lowest BCUT2D eigenvalue weighted by Crippen LogP contribution is -2.57. The topological polar surface area (TPSA) is 15.3 Å². The first-order valence-corrected chi connectivity index (χ1v) is 5.98. The highest BCUT2D eigenvalue weighted by atomic mass is 15.2. The predicted octanol–water partition coefficient (Wildman–Crippen LogP) is 1.72. The SMILES string of the molecule is CCC1(C)CN(CC2(C)CCNC2)C1. The molecule has 1 N–H and O–H groups in total. The van der Waals surface area contributed by atoms with Crippen LogP contribution in [0.3, 0.4) is 0 Å². The van der Waals surface area contributed by atoms with Crippen LogP contribution in [0, 0.1) is 10.8 Å². The van der Waals surface area contributed by atoms with Gasteiger partial charge in [-0.2, -0.15) is 0 Å². The first-order chi connectivity index (χ1) is 6.55. The van der Waals surface area contributed by atoms with Crippen LogP contribution in [0.25, 0.3) is 0 Å². The van der Waals surface area contributed by atoms with Crippen molar-refractivity contribution >= 4 is 0 Å². The number of hydrogen-bond donors (Lipinski definition) is 1. The molecular weight excluding hydrogens is 172 g/mol. The Morgan fingerprint density at radius 1 is 1.21 bits per heavy atom. The van der Waals surface area contributed by atoms with Gasteiger partial charge in [0.25, 0.3) is 0 Å². The number of nitrogens with zero attached hydrogens (tertiary/aromatic N) is 1. The quantitative estimate of drug-likeness (QED) is 0.739. The van der Waals surface area contributed by atoms with Crippen LogP contribution in [0.1, 0.15) is 33.6 Å². The minimum Gasteiger partial charge on any atom is -0.316 e. The van der Waals surface area contributed by atoms with Gasteiger partial charge in [0, 0.05) is 26.2 Å². The standard InChI is InChI=1S/C12H24N2/c1-4-11(2)8-14(9-11)10-12(3)5-6-13-7-12/h13H,4-10H2,1-3H3. The predicted molar refractivity (Wildman–Crippen MR) is 60.4 cm³/mol. The van der Waals surface area contributed by atoms with Crippen LogP contribution in [-0.2, 0) is 0 Å². The highest BCUT2D eigenvalue weighted by Gasteiger charge is 2.40. The molecule has 2 aliphatic rings. The lowest BCUT2D eigenvalue weighted by atomic mass is 9.77. The van der Waals surface area contributed by atoms with Gasteiger partial charge in [-0.05, 0) is 30.2 Å². The summed E-state index contributed by atoms with van der Waals surface area (Å²) < 4.78 is 0. The number of hydrogen-bond acceptors (Lipinski definition) is 2. The Hall–Kier alpha value is -0.0800. The highest BCUT2D eigenvalue weighted by Crippen LogP contribution is 2.36. The summed E-state index contributed by atoms with van der Waals surface area (Å²) in [5.74, 6) is 0. The zero-order valence-corrected chi connectivity index (χ0v) is 9.90. The van der Waals surface area contributed by atoms with Gasteiger partial charge >= 0.3 is 0 Å². The van der Waals surface area contributed by atoms with E-state index in [0.717, 1.165) is 0 Å². The summed E-state index contributed by atoms with van der Waals surface area (Å²) in [6, 6.07) is 0. The summed E-state index contributed by atoms with van der Waals surface area (Å²) in [5.41, 5.74) is 1.18. The molecule has 2 saturated heterocycles. The third-order valence-electron chi connectivity index (χ3n) is 4.13. The molecule has 0 spiro atoms. The van der Waals surface area contributed by atoms with Crippen LogP contribution < -0.4 is 5.32 Å². The molecule has 0 aromatic rings. The number of nitrogens with one attached hydrogen (secondary N) is 1. The van der Waals surface area contributed by atoms with Crippen molar-refractivity contribution in [2.45, 2.75) is 33.6 Å². The Morgan fingerprint density at radius 3 is 2.43 bits per heavy atom. The summed E-state index contributed by atoms with van der Waals surface area (Å²) in [7, 11) is 0. The van der Waals surface area contributed by atoms with Crippen molar-refractivity contribution in [3.05, 3.63) is 0 Å². The molecule has 14 heavy (non-hydrogen) atoms. The summed E-state index contributed by atoms with van der Waals surface area (Å²) in [6.45, 7) is 13.5. The molecule has 0 saturated carbocycles. The second kappa shape index (κ2) is 3.49. The molecule has 2 aliphatic heterocycles. The minimum absolute atomic E-state index is 0.551. The van der Waals surface area contributed by atoms with Crippen molar-refractivity contribution < 1.29 is 0 Å². The maximum absolute atomic E-state index is 3.47. The molecule has 1 unspecified atom stereocenters. The summed E-state index contributed by atoms with van der Waals surface area (Å²) >= 11 is 0. The summed E-state index contributed by atoms with van der Waals surface area (Å²) in [5, 5.41) is 3.47. The van der Waals surface area contributed by atoms with E-state index < -0.39 is 0 Å². The molecule has 0 bridgehead atoms. The Morgan fingerprint density at radius 2 is 1.93 bits per heavy atom. The van der Waals surface area contributed by atoms with E-state index >= 15 is 0 Å². The van der Waals surface area contributed by atoms with Crippen LogP contribution in [0.15, 0.2) is 0 Å². The highest BCUT2D eigenvalue weighted by molar-refractivity contribution is 4.95. The molecule has 1 atom stereocenters. The minimum atomic E-state index is 0.551.